The first-order chi connectivity index (χ1) is 18.6. The lowest BCUT2D eigenvalue weighted by molar-refractivity contribution is 0.0941. The number of pyridine rings is 1. The van der Waals surface area contributed by atoms with E-state index < -0.39 is 0 Å². The van der Waals surface area contributed by atoms with E-state index in [-0.39, 0.29) is 18.5 Å². The molecule has 0 radical (unpaired) electrons. The molecule has 1 fully saturated rings. The molecule has 38 heavy (non-hydrogen) atoms. The molecule has 0 saturated carbocycles. The maximum Gasteiger partial charge on any atom is 0.410 e. The van der Waals surface area contributed by atoms with E-state index in [9.17, 15) is 4.79 Å². The van der Waals surface area contributed by atoms with Gasteiger partial charge in [0.2, 0.25) is 5.88 Å². The summed E-state index contributed by atoms with van der Waals surface area (Å²) in [5.41, 5.74) is 4.75. The van der Waals surface area contributed by atoms with Crippen LogP contribution in [0.4, 0.5) is 14.9 Å². The Balaban J connectivity index is 1.22. The molecule has 1 amide bonds. The minimum Gasteiger partial charge on any atom is -0.472 e. The highest BCUT2D eigenvalue weighted by Gasteiger charge is 2.24. The standard InChI is InChI=1S/C31H30FN3O3/c1-23-12-14-27(30(33-23)37-21-24-8-4-2-5-9-24)26-13-15-29(28(32)20-26)34-16-18-35(19-17-34)31(36)38-22-25-10-6-3-7-11-25/h2-15,20H,16-19,21-22H2,1H3. The monoisotopic (exact) mass is 511 g/mol. The van der Waals surface area contributed by atoms with Gasteiger partial charge in [-0.15, -0.1) is 0 Å². The Bertz CT molecular complexity index is 1370. The third-order valence-electron chi connectivity index (χ3n) is 6.56. The molecule has 0 atom stereocenters. The number of nitrogens with zero attached hydrogens (tertiary/aromatic N) is 3. The number of benzene rings is 3. The molecule has 0 unspecified atom stereocenters. The minimum atomic E-state index is -0.348. The average Bonchev–Trinajstić information content (AvgIpc) is 2.96. The molecule has 0 bridgehead atoms. The maximum absolute atomic E-state index is 15.3. The van der Waals surface area contributed by atoms with Gasteiger partial charge in [0, 0.05) is 37.4 Å². The normalized spacial score (nSPS) is 13.3. The summed E-state index contributed by atoms with van der Waals surface area (Å²) in [4.78, 5) is 20.7. The molecule has 1 aliphatic rings. The predicted octanol–water partition coefficient (Wildman–Crippen LogP) is 6.23. The molecule has 2 heterocycles. The molecule has 1 saturated heterocycles. The Kier molecular flexibility index (Phi) is 7.83. The van der Waals surface area contributed by atoms with Crippen LogP contribution in [-0.4, -0.2) is 42.2 Å². The van der Waals surface area contributed by atoms with Gasteiger partial charge in [0.05, 0.1) is 5.69 Å². The van der Waals surface area contributed by atoms with E-state index in [4.69, 9.17) is 9.47 Å². The summed E-state index contributed by atoms with van der Waals surface area (Å²) in [5, 5.41) is 0. The van der Waals surface area contributed by atoms with Crippen molar-refractivity contribution in [3.05, 3.63) is 114 Å². The van der Waals surface area contributed by atoms with E-state index in [1.807, 2.05) is 90.7 Å². The Morgan fingerprint density at radius 1 is 0.842 bits per heavy atom. The first-order valence-electron chi connectivity index (χ1n) is 12.7. The number of hydrogen-bond acceptors (Lipinski definition) is 5. The highest BCUT2D eigenvalue weighted by molar-refractivity contribution is 5.71. The molecule has 1 aromatic heterocycles. The van der Waals surface area contributed by atoms with Crippen molar-refractivity contribution in [1.82, 2.24) is 9.88 Å². The Morgan fingerprint density at radius 2 is 1.50 bits per heavy atom. The van der Waals surface area contributed by atoms with Gasteiger partial charge in [-0.25, -0.2) is 14.2 Å². The number of rotatable bonds is 7. The van der Waals surface area contributed by atoms with E-state index in [2.05, 4.69) is 4.98 Å². The van der Waals surface area contributed by atoms with Gasteiger partial charge in [-0.3, -0.25) is 0 Å². The van der Waals surface area contributed by atoms with Gasteiger partial charge >= 0.3 is 6.09 Å². The van der Waals surface area contributed by atoms with Crippen LogP contribution in [0.2, 0.25) is 0 Å². The first kappa shape index (κ1) is 25.3. The number of amides is 1. The third-order valence-corrected chi connectivity index (χ3v) is 6.56. The van der Waals surface area contributed by atoms with Gasteiger partial charge in [-0.2, -0.15) is 0 Å². The van der Waals surface area contributed by atoms with Crippen LogP contribution in [0.15, 0.2) is 91.0 Å². The summed E-state index contributed by atoms with van der Waals surface area (Å²) in [6.45, 7) is 4.49. The van der Waals surface area contributed by atoms with Crippen molar-refractivity contribution in [3.8, 4) is 17.0 Å². The Hall–Kier alpha value is -4.39. The van der Waals surface area contributed by atoms with Crippen LogP contribution < -0.4 is 9.64 Å². The summed E-state index contributed by atoms with van der Waals surface area (Å²) in [6, 6.07) is 28.5. The number of carbonyl (C=O) groups excluding carboxylic acids is 1. The van der Waals surface area contributed by atoms with Crippen molar-refractivity contribution in [3.63, 3.8) is 0 Å². The lowest BCUT2D eigenvalue weighted by atomic mass is 10.1. The maximum atomic E-state index is 15.3. The zero-order valence-corrected chi connectivity index (χ0v) is 21.3. The molecule has 3 aromatic carbocycles. The van der Waals surface area contributed by atoms with Crippen molar-refractivity contribution >= 4 is 11.8 Å². The van der Waals surface area contributed by atoms with Crippen molar-refractivity contribution in [2.75, 3.05) is 31.1 Å². The zero-order chi connectivity index (χ0) is 26.3. The van der Waals surface area contributed by atoms with Gasteiger partial charge < -0.3 is 19.3 Å². The largest absolute Gasteiger partial charge is 0.472 e. The second-order valence-electron chi connectivity index (χ2n) is 9.26. The molecule has 194 valence electrons. The number of aromatic nitrogens is 1. The molecular formula is C31H30FN3O3. The quantitative estimate of drug-likeness (QED) is 0.294. The van der Waals surface area contributed by atoms with Gasteiger partial charge in [-0.1, -0.05) is 66.7 Å². The molecule has 7 heteroatoms. The minimum absolute atomic E-state index is 0.237. The summed E-state index contributed by atoms with van der Waals surface area (Å²) < 4.78 is 26.8. The van der Waals surface area contributed by atoms with Gasteiger partial charge in [-0.05, 0) is 47.9 Å². The van der Waals surface area contributed by atoms with Crippen LogP contribution in [0.25, 0.3) is 11.1 Å². The fraction of sp³-hybridized carbons (Fsp3) is 0.226. The van der Waals surface area contributed by atoms with Crippen molar-refractivity contribution in [2.24, 2.45) is 0 Å². The van der Waals surface area contributed by atoms with Gasteiger partial charge in [0.1, 0.15) is 19.0 Å². The average molecular weight is 512 g/mol. The van der Waals surface area contributed by atoms with E-state index in [0.717, 1.165) is 22.4 Å². The van der Waals surface area contributed by atoms with Crippen LogP contribution in [0.5, 0.6) is 5.88 Å². The molecular weight excluding hydrogens is 481 g/mol. The predicted molar refractivity (Wildman–Crippen MR) is 146 cm³/mol. The Labute approximate surface area is 222 Å². The van der Waals surface area contributed by atoms with Gasteiger partial charge in [0.25, 0.3) is 0 Å². The highest BCUT2D eigenvalue weighted by Crippen LogP contribution is 2.33. The molecule has 0 aliphatic carbocycles. The van der Waals surface area contributed by atoms with Crippen LogP contribution >= 0.6 is 0 Å². The van der Waals surface area contributed by atoms with E-state index >= 15 is 4.39 Å². The lowest BCUT2D eigenvalue weighted by Crippen LogP contribution is -2.49. The van der Waals surface area contributed by atoms with Crippen LogP contribution in [0.3, 0.4) is 0 Å². The third kappa shape index (κ3) is 6.11. The number of halogens is 1. The van der Waals surface area contributed by atoms with Crippen LogP contribution in [0.1, 0.15) is 16.8 Å². The fourth-order valence-electron chi connectivity index (χ4n) is 4.46. The molecule has 0 N–H and O–H groups in total. The topological polar surface area (TPSA) is 54.9 Å². The molecule has 0 spiro atoms. The highest BCUT2D eigenvalue weighted by atomic mass is 19.1. The SMILES string of the molecule is Cc1ccc(-c2ccc(N3CCN(C(=O)OCc4ccccc4)CC3)c(F)c2)c(OCc2ccccc2)n1. The number of aryl methyl sites for hydroxylation is 1. The Morgan fingerprint density at radius 3 is 2.16 bits per heavy atom. The number of ether oxygens (including phenoxy) is 2. The molecule has 6 nitrogen and oxygen atoms in total. The number of hydrogen-bond donors (Lipinski definition) is 0. The fourth-order valence-corrected chi connectivity index (χ4v) is 4.46. The van der Waals surface area contributed by atoms with Crippen molar-refractivity contribution in [2.45, 2.75) is 20.1 Å². The summed E-state index contributed by atoms with van der Waals surface area (Å²) in [6.07, 6.45) is -0.348. The molecule has 5 rings (SSSR count). The summed E-state index contributed by atoms with van der Waals surface area (Å²) in [7, 11) is 0. The van der Waals surface area contributed by atoms with E-state index in [0.29, 0.717) is 49.9 Å². The van der Waals surface area contributed by atoms with Gasteiger partial charge in [0.15, 0.2) is 0 Å². The zero-order valence-electron chi connectivity index (χ0n) is 21.3. The number of carbonyl (C=O) groups is 1. The first-order valence-corrected chi connectivity index (χ1v) is 12.7. The van der Waals surface area contributed by atoms with E-state index in [1.54, 1.807) is 11.0 Å². The second kappa shape index (κ2) is 11.8. The summed E-state index contributed by atoms with van der Waals surface area (Å²) >= 11 is 0. The number of anilines is 1. The molecule has 1 aliphatic heterocycles. The molecule has 4 aromatic rings. The smallest absolute Gasteiger partial charge is 0.410 e. The van der Waals surface area contributed by atoms with Crippen LogP contribution in [0, 0.1) is 12.7 Å². The van der Waals surface area contributed by atoms with Crippen molar-refractivity contribution < 1.29 is 18.7 Å². The number of piperazine rings is 1. The van der Waals surface area contributed by atoms with Crippen LogP contribution in [-0.2, 0) is 18.0 Å². The lowest BCUT2D eigenvalue weighted by Gasteiger charge is -2.35. The van der Waals surface area contributed by atoms with Crippen molar-refractivity contribution in [1.29, 1.82) is 0 Å². The second-order valence-corrected chi connectivity index (χ2v) is 9.26. The summed E-state index contributed by atoms with van der Waals surface area (Å²) in [5.74, 6) is 0.154. The van der Waals surface area contributed by atoms with E-state index in [1.165, 1.54) is 6.07 Å².